The molecule has 1 fully saturated rings. The Labute approximate surface area is 105 Å². The fourth-order valence-electron chi connectivity index (χ4n) is 1.83. The second-order valence-electron chi connectivity index (χ2n) is 4.53. The lowest BCUT2D eigenvalue weighted by Gasteiger charge is -2.18. The van der Waals surface area contributed by atoms with Gasteiger partial charge in [0.15, 0.2) is 0 Å². The van der Waals surface area contributed by atoms with Crippen LogP contribution < -0.4 is 0 Å². The molecule has 0 aliphatic heterocycles. The lowest BCUT2D eigenvalue weighted by Crippen LogP contribution is -2.21. The molecule has 0 aromatic rings. The Kier molecular flexibility index (Phi) is 3.79. The maximum Gasteiger partial charge on any atom is 0.337 e. The molecular weight excluding hydrogens is 236 g/mol. The third kappa shape index (κ3) is 2.97. The minimum Gasteiger partial charge on any atom is -0.463 e. The van der Waals surface area contributed by atoms with E-state index in [1.165, 1.54) is 0 Å². The van der Waals surface area contributed by atoms with Gasteiger partial charge in [0.05, 0.1) is 24.5 Å². The third-order valence-electron chi connectivity index (χ3n) is 3.00. The zero-order chi connectivity index (χ0) is 13.1. The fourth-order valence-corrected chi connectivity index (χ4v) is 1.83. The first-order chi connectivity index (χ1) is 8.61. The van der Waals surface area contributed by atoms with Gasteiger partial charge in [0, 0.05) is 6.42 Å². The molecule has 0 spiro atoms. The molecule has 18 heavy (non-hydrogen) atoms. The summed E-state index contributed by atoms with van der Waals surface area (Å²) in [5, 5.41) is 0. The Morgan fingerprint density at radius 1 is 1.28 bits per heavy atom. The van der Waals surface area contributed by atoms with Gasteiger partial charge in [0.1, 0.15) is 11.5 Å². The molecule has 2 aliphatic rings. The van der Waals surface area contributed by atoms with E-state index in [-0.39, 0.29) is 36.5 Å². The molecule has 5 heteroatoms. The van der Waals surface area contributed by atoms with Gasteiger partial charge in [-0.05, 0) is 26.2 Å². The highest BCUT2D eigenvalue weighted by Crippen LogP contribution is 2.33. The Bertz CT molecular complexity index is 417. The highest BCUT2D eigenvalue weighted by molar-refractivity contribution is 5.95. The minimum atomic E-state index is -0.483. The van der Waals surface area contributed by atoms with Gasteiger partial charge in [-0.2, -0.15) is 0 Å². The second-order valence-corrected chi connectivity index (χ2v) is 4.53. The molecule has 0 unspecified atom stereocenters. The summed E-state index contributed by atoms with van der Waals surface area (Å²) in [5.74, 6) is -0.689. The van der Waals surface area contributed by atoms with Crippen molar-refractivity contribution in [3.63, 3.8) is 0 Å². The van der Waals surface area contributed by atoms with Crippen molar-refractivity contribution in [3.05, 3.63) is 11.3 Å². The van der Waals surface area contributed by atoms with Crippen LogP contribution in [0.1, 0.15) is 39.0 Å². The number of rotatable bonds is 4. The van der Waals surface area contributed by atoms with Gasteiger partial charge >= 0.3 is 11.9 Å². The van der Waals surface area contributed by atoms with E-state index in [1.54, 1.807) is 6.92 Å². The van der Waals surface area contributed by atoms with E-state index in [4.69, 9.17) is 9.47 Å². The number of ether oxygens (including phenoxy) is 2. The molecule has 2 aliphatic carbocycles. The van der Waals surface area contributed by atoms with Gasteiger partial charge < -0.3 is 9.47 Å². The van der Waals surface area contributed by atoms with E-state index < -0.39 is 5.97 Å². The van der Waals surface area contributed by atoms with E-state index in [9.17, 15) is 14.4 Å². The number of carbonyl (C=O) groups excluding carboxylic acids is 3. The molecule has 2 rings (SSSR count). The van der Waals surface area contributed by atoms with Gasteiger partial charge in [-0.15, -0.1) is 0 Å². The highest BCUT2D eigenvalue weighted by atomic mass is 16.5. The SMILES string of the molecule is CCOC(=O)C1=C(OC(=O)C2CC2)CC(=O)CC1. The fraction of sp³-hybridized carbons (Fsp3) is 0.615. The van der Waals surface area contributed by atoms with Crippen LogP contribution in [0.2, 0.25) is 0 Å². The number of hydrogen-bond acceptors (Lipinski definition) is 5. The van der Waals surface area contributed by atoms with Crippen molar-refractivity contribution in [1.29, 1.82) is 0 Å². The average Bonchev–Trinajstić information content (AvgIpc) is 3.13. The molecule has 0 bridgehead atoms. The first kappa shape index (κ1) is 12.8. The maximum atomic E-state index is 11.7. The van der Waals surface area contributed by atoms with Crippen molar-refractivity contribution >= 4 is 17.7 Å². The lowest BCUT2D eigenvalue weighted by atomic mass is 9.96. The van der Waals surface area contributed by atoms with Crippen LogP contribution >= 0.6 is 0 Å². The van der Waals surface area contributed by atoms with Crippen LogP contribution in [0.25, 0.3) is 0 Å². The Balaban J connectivity index is 2.13. The zero-order valence-corrected chi connectivity index (χ0v) is 10.4. The maximum absolute atomic E-state index is 11.7. The molecule has 5 nitrogen and oxygen atoms in total. The van der Waals surface area contributed by atoms with Crippen LogP contribution in [0, 0.1) is 5.92 Å². The molecule has 0 aromatic carbocycles. The number of Topliss-reactive ketones (excluding diaryl/α,β-unsaturated/α-hetero) is 1. The van der Waals surface area contributed by atoms with E-state index in [1.807, 2.05) is 0 Å². The molecule has 0 radical (unpaired) electrons. The summed E-state index contributed by atoms with van der Waals surface area (Å²) in [5.41, 5.74) is 0.338. The van der Waals surface area contributed by atoms with Gasteiger partial charge in [-0.1, -0.05) is 0 Å². The zero-order valence-electron chi connectivity index (χ0n) is 10.4. The summed E-state index contributed by atoms with van der Waals surface area (Å²) in [6.07, 6.45) is 2.28. The largest absolute Gasteiger partial charge is 0.463 e. The topological polar surface area (TPSA) is 69.7 Å². The molecule has 0 heterocycles. The molecular formula is C13H16O5. The minimum absolute atomic E-state index is 0.0124. The highest BCUT2D eigenvalue weighted by Gasteiger charge is 2.34. The van der Waals surface area contributed by atoms with Crippen LogP contribution in [0.3, 0.4) is 0 Å². The van der Waals surface area contributed by atoms with Gasteiger partial charge in [-0.25, -0.2) is 4.79 Å². The molecule has 1 saturated carbocycles. The molecule has 0 N–H and O–H groups in total. The average molecular weight is 252 g/mol. The monoisotopic (exact) mass is 252 g/mol. The summed E-state index contributed by atoms with van der Waals surface area (Å²) in [6, 6.07) is 0. The normalized spacial score (nSPS) is 19.7. The summed E-state index contributed by atoms with van der Waals surface area (Å²) >= 11 is 0. The number of esters is 2. The summed E-state index contributed by atoms with van der Waals surface area (Å²) in [4.78, 5) is 34.7. The van der Waals surface area contributed by atoms with Crippen LogP contribution in [0.15, 0.2) is 11.3 Å². The van der Waals surface area contributed by atoms with Crippen LogP contribution in [-0.2, 0) is 23.9 Å². The second kappa shape index (κ2) is 5.33. The van der Waals surface area contributed by atoms with Crippen molar-refractivity contribution in [2.24, 2.45) is 5.92 Å². The standard InChI is InChI=1S/C13H16O5/c1-2-17-13(16)10-6-5-9(14)7-11(10)18-12(15)8-3-4-8/h8H,2-7H2,1H3. The van der Waals surface area contributed by atoms with E-state index in [0.29, 0.717) is 18.4 Å². The Morgan fingerprint density at radius 2 is 2.00 bits per heavy atom. The van der Waals surface area contributed by atoms with Crippen molar-refractivity contribution in [2.75, 3.05) is 6.61 Å². The predicted octanol–water partition coefficient (Wildman–Crippen LogP) is 1.51. The number of ketones is 1. The molecule has 0 atom stereocenters. The van der Waals surface area contributed by atoms with Crippen molar-refractivity contribution in [3.8, 4) is 0 Å². The van der Waals surface area contributed by atoms with Gasteiger partial charge in [0.2, 0.25) is 0 Å². The van der Waals surface area contributed by atoms with E-state index in [2.05, 4.69) is 0 Å². The number of carbonyl (C=O) groups is 3. The molecule has 0 saturated heterocycles. The summed E-state index contributed by atoms with van der Waals surface area (Å²) < 4.78 is 10.1. The number of allylic oxidation sites excluding steroid dienone is 1. The molecule has 0 aromatic heterocycles. The predicted molar refractivity (Wildman–Crippen MR) is 61.3 cm³/mol. The smallest absolute Gasteiger partial charge is 0.337 e. The Morgan fingerprint density at radius 3 is 2.61 bits per heavy atom. The quantitative estimate of drug-likeness (QED) is 0.709. The summed E-state index contributed by atoms with van der Waals surface area (Å²) in [6.45, 7) is 1.97. The Hall–Kier alpha value is -1.65. The van der Waals surface area contributed by atoms with Crippen molar-refractivity contribution in [1.82, 2.24) is 0 Å². The van der Waals surface area contributed by atoms with E-state index >= 15 is 0 Å². The first-order valence-corrected chi connectivity index (χ1v) is 6.24. The van der Waals surface area contributed by atoms with Crippen LogP contribution in [0.5, 0.6) is 0 Å². The van der Waals surface area contributed by atoms with E-state index in [0.717, 1.165) is 12.8 Å². The summed E-state index contributed by atoms with van der Waals surface area (Å²) in [7, 11) is 0. The first-order valence-electron chi connectivity index (χ1n) is 6.24. The third-order valence-corrected chi connectivity index (χ3v) is 3.00. The van der Waals surface area contributed by atoms with Gasteiger partial charge in [0.25, 0.3) is 0 Å². The van der Waals surface area contributed by atoms with Crippen LogP contribution in [-0.4, -0.2) is 24.3 Å². The van der Waals surface area contributed by atoms with Gasteiger partial charge in [-0.3, -0.25) is 9.59 Å². The lowest BCUT2D eigenvalue weighted by molar-refractivity contribution is -0.142. The van der Waals surface area contributed by atoms with Crippen LogP contribution in [0.4, 0.5) is 0 Å². The number of hydrogen-bond donors (Lipinski definition) is 0. The molecule has 98 valence electrons. The molecule has 0 amide bonds. The van der Waals surface area contributed by atoms with Crippen molar-refractivity contribution < 1.29 is 23.9 Å². The van der Waals surface area contributed by atoms with Crippen molar-refractivity contribution in [2.45, 2.75) is 39.0 Å².